The molecule has 1 N–H and O–H groups in total. The molecular formula is C11H10N2O2. The number of benzene rings is 1. The summed E-state index contributed by atoms with van der Waals surface area (Å²) in [4.78, 5) is 15.6. The van der Waals surface area contributed by atoms with E-state index in [0.717, 1.165) is 0 Å². The highest BCUT2D eigenvalue weighted by molar-refractivity contribution is 5.77. The highest BCUT2D eigenvalue weighted by atomic mass is 16.4. The lowest BCUT2D eigenvalue weighted by Gasteiger charge is -2.01. The van der Waals surface area contributed by atoms with Crippen molar-refractivity contribution in [1.82, 2.24) is 4.98 Å². The smallest absolute Gasteiger partial charge is 0.348 e. The molecule has 4 nitrogen and oxygen atoms in total. The molecule has 0 spiro atoms. The molecule has 1 aromatic carbocycles. The summed E-state index contributed by atoms with van der Waals surface area (Å²) in [7, 11) is 0. The Hall–Kier alpha value is -2.10. The molecule has 0 saturated heterocycles. The summed E-state index contributed by atoms with van der Waals surface area (Å²) >= 11 is 0. The molecule has 0 fully saturated rings. The van der Waals surface area contributed by atoms with Crippen LogP contribution in [0.3, 0.4) is 0 Å². The first-order chi connectivity index (χ1) is 7.31. The van der Waals surface area contributed by atoms with Crippen LogP contribution >= 0.6 is 0 Å². The van der Waals surface area contributed by atoms with Gasteiger partial charge in [0.1, 0.15) is 0 Å². The van der Waals surface area contributed by atoms with Gasteiger partial charge in [0, 0.05) is 6.54 Å². The van der Waals surface area contributed by atoms with E-state index < -0.39 is 0 Å². The minimum Gasteiger partial charge on any atom is -0.389 e. The van der Waals surface area contributed by atoms with E-state index in [9.17, 15) is 4.79 Å². The summed E-state index contributed by atoms with van der Waals surface area (Å²) in [6.45, 7) is 4.06. The Morgan fingerprint density at radius 2 is 2.27 bits per heavy atom. The highest BCUT2D eigenvalue weighted by Crippen LogP contribution is 2.09. The predicted molar refractivity (Wildman–Crippen MR) is 59.0 cm³/mol. The second kappa shape index (κ2) is 3.96. The molecule has 0 bridgehead atoms. The molecule has 1 aromatic heterocycles. The molecule has 0 aliphatic heterocycles. The Kier molecular flexibility index (Phi) is 2.49. The predicted octanol–water partition coefficient (Wildman–Crippen LogP) is 1.79. The number of fused-ring (bicyclic) bond motifs is 1. The molecule has 0 saturated carbocycles. The lowest BCUT2D eigenvalue weighted by atomic mass is 10.2. The van der Waals surface area contributed by atoms with Gasteiger partial charge in [0.25, 0.3) is 6.01 Å². The summed E-state index contributed by atoms with van der Waals surface area (Å²) in [6, 6.07) is 7.28. The minimum atomic E-state index is -0.382. The number of hydrogen-bond donors (Lipinski definition) is 1. The van der Waals surface area contributed by atoms with E-state index in [1.807, 2.05) is 6.07 Å². The van der Waals surface area contributed by atoms with Crippen LogP contribution in [-0.2, 0) is 0 Å². The van der Waals surface area contributed by atoms with E-state index >= 15 is 0 Å². The molecule has 1 heterocycles. The largest absolute Gasteiger partial charge is 0.389 e. The molecule has 2 rings (SSSR count). The molecule has 2 aromatic rings. The summed E-state index contributed by atoms with van der Waals surface area (Å²) in [5.41, 5.74) is 0.243. The first-order valence-corrected chi connectivity index (χ1v) is 4.56. The van der Waals surface area contributed by atoms with Gasteiger partial charge >= 0.3 is 5.63 Å². The molecule has 0 amide bonds. The van der Waals surface area contributed by atoms with Crippen LogP contribution in [0.2, 0.25) is 0 Å². The van der Waals surface area contributed by atoms with Crippen molar-refractivity contribution in [2.24, 2.45) is 0 Å². The van der Waals surface area contributed by atoms with E-state index in [4.69, 9.17) is 4.42 Å². The standard InChI is InChI=1S/C11H10N2O2/c1-2-7-12-11-13-9-6-4-3-5-8(9)10(14)15-11/h2-6H,1,7H2,(H,12,13). The lowest BCUT2D eigenvalue weighted by molar-refractivity contribution is 0.518. The zero-order valence-corrected chi connectivity index (χ0v) is 8.06. The van der Waals surface area contributed by atoms with Crippen molar-refractivity contribution in [3.8, 4) is 0 Å². The monoisotopic (exact) mass is 202 g/mol. The van der Waals surface area contributed by atoms with E-state index in [2.05, 4.69) is 16.9 Å². The van der Waals surface area contributed by atoms with Gasteiger partial charge in [-0.2, -0.15) is 4.98 Å². The quantitative estimate of drug-likeness (QED) is 0.771. The lowest BCUT2D eigenvalue weighted by Crippen LogP contribution is -2.07. The summed E-state index contributed by atoms with van der Waals surface area (Å²) in [5, 5.41) is 3.32. The van der Waals surface area contributed by atoms with Crippen molar-refractivity contribution in [2.75, 3.05) is 11.9 Å². The third kappa shape index (κ3) is 1.88. The average Bonchev–Trinajstić information content (AvgIpc) is 2.26. The van der Waals surface area contributed by atoms with Crippen molar-refractivity contribution in [3.63, 3.8) is 0 Å². The van der Waals surface area contributed by atoms with Crippen LogP contribution in [0.15, 0.2) is 46.1 Å². The molecule has 76 valence electrons. The molecule has 0 aliphatic carbocycles. The number of para-hydroxylation sites is 1. The van der Waals surface area contributed by atoms with Crippen LogP contribution < -0.4 is 10.9 Å². The van der Waals surface area contributed by atoms with Crippen molar-refractivity contribution in [3.05, 3.63) is 47.3 Å². The van der Waals surface area contributed by atoms with Crippen LogP contribution in [0.1, 0.15) is 0 Å². The number of nitrogens with zero attached hydrogens (tertiary/aromatic N) is 1. The van der Waals surface area contributed by atoms with Gasteiger partial charge in [-0.15, -0.1) is 6.58 Å². The highest BCUT2D eigenvalue weighted by Gasteiger charge is 2.03. The van der Waals surface area contributed by atoms with Crippen LogP contribution in [0, 0.1) is 0 Å². The number of rotatable bonds is 3. The van der Waals surface area contributed by atoms with Crippen LogP contribution in [0.25, 0.3) is 10.9 Å². The van der Waals surface area contributed by atoms with Crippen LogP contribution in [0.5, 0.6) is 0 Å². The maximum atomic E-state index is 11.5. The third-order valence-corrected chi connectivity index (χ3v) is 1.93. The van der Waals surface area contributed by atoms with Gasteiger partial charge < -0.3 is 9.73 Å². The first-order valence-electron chi connectivity index (χ1n) is 4.56. The summed E-state index contributed by atoms with van der Waals surface area (Å²) in [5.74, 6) is 0. The topological polar surface area (TPSA) is 55.1 Å². The maximum absolute atomic E-state index is 11.5. The molecule has 0 aliphatic rings. The Morgan fingerprint density at radius 3 is 3.07 bits per heavy atom. The van der Waals surface area contributed by atoms with E-state index in [-0.39, 0.29) is 11.6 Å². The maximum Gasteiger partial charge on any atom is 0.348 e. The van der Waals surface area contributed by atoms with Gasteiger partial charge in [-0.05, 0) is 12.1 Å². The summed E-state index contributed by atoms with van der Waals surface area (Å²) in [6.07, 6.45) is 1.66. The second-order valence-corrected chi connectivity index (χ2v) is 2.99. The number of aromatic nitrogens is 1. The second-order valence-electron chi connectivity index (χ2n) is 2.99. The van der Waals surface area contributed by atoms with Gasteiger partial charge in [-0.25, -0.2) is 4.79 Å². The SMILES string of the molecule is C=CCNc1nc2ccccc2c(=O)o1. The fourth-order valence-corrected chi connectivity index (χ4v) is 1.25. The Morgan fingerprint density at radius 1 is 1.47 bits per heavy atom. The van der Waals surface area contributed by atoms with Gasteiger partial charge in [0.2, 0.25) is 0 Å². The third-order valence-electron chi connectivity index (χ3n) is 1.93. The van der Waals surface area contributed by atoms with Crippen molar-refractivity contribution in [2.45, 2.75) is 0 Å². The molecule has 4 heteroatoms. The molecule has 0 radical (unpaired) electrons. The minimum absolute atomic E-state index is 0.221. The summed E-state index contributed by atoms with van der Waals surface area (Å²) < 4.78 is 4.97. The zero-order chi connectivity index (χ0) is 10.7. The van der Waals surface area contributed by atoms with Crippen LogP contribution in [0.4, 0.5) is 6.01 Å². The molecule has 0 unspecified atom stereocenters. The van der Waals surface area contributed by atoms with Gasteiger partial charge in [0.05, 0.1) is 10.9 Å². The Balaban J connectivity index is 2.52. The van der Waals surface area contributed by atoms with Crippen molar-refractivity contribution in [1.29, 1.82) is 0 Å². The molecular weight excluding hydrogens is 192 g/mol. The number of hydrogen-bond acceptors (Lipinski definition) is 4. The fraction of sp³-hybridized carbons (Fsp3) is 0.0909. The van der Waals surface area contributed by atoms with E-state index in [1.165, 1.54) is 0 Å². The molecule has 0 atom stereocenters. The first kappa shape index (κ1) is 9.45. The fourth-order valence-electron chi connectivity index (χ4n) is 1.25. The number of nitrogens with one attached hydrogen (secondary N) is 1. The normalized spacial score (nSPS) is 10.1. The van der Waals surface area contributed by atoms with Crippen molar-refractivity contribution < 1.29 is 4.42 Å². The van der Waals surface area contributed by atoms with Crippen molar-refractivity contribution >= 4 is 16.9 Å². The Labute approximate surface area is 86.3 Å². The number of anilines is 1. The van der Waals surface area contributed by atoms with Crippen LogP contribution in [-0.4, -0.2) is 11.5 Å². The zero-order valence-electron chi connectivity index (χ0n) is 8.06. The average molecular weight is 202 g/mol. The Bertz CT molecular complexity index is 546. The van der Waals surface area contributed by atoms with Gasteiger partial charge in [-0.3, -0.25) is 0 Å². The van der Waals surface area contributed by atoms with E-state index in [1.54, 1.807) is 24.3 Å². The molecule has 15 heavy (non-hydrogen) atoms. The van der Waals surface area contributed by atoms with E-state index in [0.29, 0.717) is 17.4 Å². The van der Waals surface area contributed by atoms with Gasteiger partial charge in [0.15, 0.2) is 0 Å². The van der Waals surface area contributed by atoms with Gasteiger partial charge in [-0.1, -0.05) is 18.2 Å².